The molecule has 0 bridgehead atoms. The molecule has 0 unspecified atom stereocenters. The summed E-state index contributed by atoms with van der Waals surface area (Å²) in [6, 6.07) is 12.3. The van der Waals surface area contributed by atoms with Crippen LogP contribution < -0.4 is 15.4 Å². The van der Waals surface area contributed by atoms with Crippen LogP contribution in [0.25, 0.3) is 10.9 Å². The molecule has 3 N–H and O–H groups in total. The number of carbonyl (C=O) groups excluding carboxylic acids is 2. The van der Waals surface area contributed by atoms with E-state index in [9.17, 15) is 9.59 Å². The molecule has 1 aliphatic carbocycles. The Kier molecular flexibility index (Phi) is 4.24. The number of nitrogens with one attached hydrogen (secondary N) is 3. The van der Waals surface area contributed by atoms with Gasteiger partial charge in [-0.1, -0.05) is 18.0 Å². The maximum absolute atomic E-state index is 12.7. The third kappa shape index (κ3) is 3.34. The molecule has 6 nitrogen and oxygen atoms in total. The van der Waals surface area contributed by atoms with E-state index in [1.807, 2.05) is 6.07 Å². The van der Waals surface area contributed by atoms with Crippen molar-refractivity contribution < 1.29 is 14.3 Å². The molecule has 3 aromatic rings. The smallest absolute Gasteiger partial charge is 0.272 e. The molecule has 1 aromatic heterocycles. The van der Waals surface area contributed by atoms with Crippen LogP contribution in [0.5, 0.6) is 5.75 Å². The van der Waals surface area contributed by atoms with Crippen molar-refractivity contribution in [2.24, 2.45) is 0 Å². The monoisotopic (exact) mass is 409 g/mol. The van der Waals surface area contributed by atoms with Crippen LogP contribution in [0.2, 0.25) is 5.02 Å². The highest BCUT2D eigenvalue weighted by Gasteiger charge is 2.40. The van der Waals surface area contributed by atoms with Gasteiger partial charge in [0, 0.05) is 34.5 Å². The molecule has 2 amide bonds. The van der Waals surface area contributed by atoms with Gasteiger partial charge in [0.15, 0.2) is 5.72 Å². The summed E-state index contributed by atoms with van der Waals surface area (Å²) in [5, 5.41) is 7.34. The second-order valence-electron chi connectivity index (χ2n) is 7.69. The van der Waals surface area contributed by atoms with Gasteiger partial charge >= 0.3 is 0 Å². The van der Waals surface area contributed by atoms with Gasteiger partial charge < -0.3 is 20.4 Å². The maximum atomic E-state index is 12.7. The molecule has 1 spiro atoms. The number of hydrogen-bond donors (Lipinski definition) is 3. The van der Waals surface area contributed by atoms with E-state index in [0.29, 0.717) is 27.7 Å². The van der Waals surface area contributed by atoms with Crippen molar-refractivity contribution in [2.75, 3.05) is 5.32 Å². The minimum atomic E-state index is -0.585. The lowest BCUT2D eigenvalue weighted by Gasteiger charge is -2.41. The molecule has 1 aliphatic heterocycles. The maximum Gasteiger partial charge on any atom is 0.272 e. The number of amides is 2. The number of benzene rings is 2. The Balaban J connectivity index is 1.38. The molecule has 5 rings (SSSR count). The Morgan fingerprint density at radius 2 is 1.90 bits per heavy atom. The first-order chi connectivity index (χ1) is 14.0. The first kappa shape index (κ1) is 18.1. The molecule has 0 radical (unpaired) electrons. The topological polar surface area (TPSA) is 83.2 Å². The predicted octanol–water partition coefficient (Wildman–Crippen LogP) is 4.86. The van der Waals surface area contributed by atoms with Crippen LogP contribution in [0.4, 0.5) is 5.69 Å². The number of fused-ring (bicyclic) bond motifs is 2. The molecule has 2 heterocycles. The van der Waals surface area contributed by atoms with E-state index in [1.165, 1.54) is 6.42 Å². The third-order valence-corrected chi connectivity index (χ3v) is 5.85. The van der Waals surface area contributed by atoms with Crippen molar-refractivity contribution in [1.29, 1.82) is 0 Å². The number of carbonyl (C=O) groups is 2. The summed E-state index contributed by atoms with van der Waals surface area (Å²) in [4.78, 5) is 28.4. The second kappa shape index (κ2) is 6.81. The molecule has 29 heavy (non-hydrogen) atoms. The summed E-state index contributed by atoms with van der Waals surface area (Å²) in [7, 11) is 0. The van der Waals surface area contributed by atoms with Gasteiger partial charge in [-0.3, -0.25) is 9.59 Å². The second-order valence-corrected chi connectivity index (χ2v) is 8.13. The Hall–Kier alpha value is -2.99. The Morgan fingerprint density at radius 1 is 1.07 bits per heavy atom. The first-order valence-corrected chi connectivity index (χ1v) is 10.1. The lowest BCUT2D eigenvalue weighted by atomic mass is 9.90. The zero-order chi connectivity index (χ0) is 20.0. The van der Waals surface area contributed by atoms with E-state index in [-0.39, 0.29) is 11.8 Å². The summed E-state index contributed by atoms with van der Waals surface area (Å²) in [5.41, 5.74) is 1.63. The fraction of sp³-hybridized carbons (Fsp3) is 0.273. The number of anilines is 1. The molecule has 148 valence electrons. The molecular weight excluding hydrogens is 390 g/mol. The van der Waals surface area contributed by atoms with Crippen LogP contribution in [0.1, 0.15) is 53.0 Å². The van der Waals surface area contributed by atoms with E-state index < -0.39 is 5.72 Å². The van der Waals surface area contributed by atoms with Crippen molar-refractivity contribution in [3.63, 3.8) is 0 Å². The Bertz CT molecular complexity index is 1130. The molecule has 7 heteroatoms. The summed E-state index contributed by atoms with van der Waals surface area (Å²) < 4.78 is 6.16. The lowest BCUT2D eigenvalue weighted by molar-refractivity contribution is -0.00862. The molecule has 1 fully saturated rings. The number of ether oxygens (including phenoxy) is 1. The van der Waals surface area contributed by atoms with Gasteiger partial charge in [0.05, 0.1) is 5.56 Å². The van der Waals surface area contributed by atoms with Gasteiger partial charge in [-0.15, -0.1) is 0 Å². The van der Waals surface area contributed by atoms with Crippen molar-refractivity contribution >= 4 is 40.0 Å². The highest BCUT2D eigenvalue weighted by atomic mass is 35.5. The van der Waals surface area contributed by atoms with Gasteiger partial charge in [0.2, 0.25) is 0 Å². The average Bonchev–Trinajstić information content (AvgIpc) is 3.12. The van der Waals surface area contributed by atoms with Crippen LogP contribution >= 0.6 is 11.6 Å². The van der Waals surface area contributed by atoms with Gasteiger partial charge in [-0.05, 0) is 55.3 Å². The number of H-pyrrole nitrogens is 1. The van der Waals surface area contributed by atoms with E-state index >= 15 is 0 Å². The minimum absolute atomic E-state index is 0.162. The predicted molar refractivity (Wildman–Crippen MR) is 112 cm³/mol. The summed E-state index contributed by atoms with van der Waals surface area (Å²) >= 11 is 6.01. The lowest BCUT2D eigenvalue weighted by Crippen LogP contribution is -2.56. The van der Waals surface area contributed by atoms with Crippen LogP contribution in [-0.4, -0.2) is 22.5 Å². The average molecular weight is 410 g/mol. The molecule has 2 aromatic carbocycles. The largest absolute Gasteiger partial charge is 0.467 e. The minimum Gasteiger partial charge on any atom is -0.467 e. The van der Waals surface area contributed by atoms with E-state index in [1.54, 1.807) is 36.4 Å². The fourth-order valence-electron chi connectivity index (χ4n) is 4.16. The van der Waals surface area contributed by atoms with Crippen molar-refractivity contribution in [1.82, 2.24) is 10.3 Å². The Morgan fingerprint density at radius 3 is 2.72 bits per heavy atom. The number of aromatic amines is 1. The van der Waals surface area contributed by atoms with Crippen LogP contribution in [0.3, 0.4) is 0 Å². The first-order valence-electron chi connectivity index (χ1n) is 9.77. The normalized spacial score (nSPS) is 17.5. The molecule has 2 aliphatic rings. The quantitative estimate of drug-likeness (QED) is 0.565. The van der Waals surface area contributed by atoms with Gasteiger partial charge in [0.1, 0.15) is 11.4 Å². The molecule has 0 saturated heterocycles. The summed E-state index contributed by atoms with van der Waals surface area (Å²) in [6.07, 6.45) is 4.89. The van der Waals surface area contributed by atoms with Crippen molar-refractivity contribution in [2.45, 2.75) is 37.8 Å². The van der Waals surface area contributed by atoms with E-state index in [2.05, 4.69) is 15.6 Å². The standard InChI is InChI=1S/C22H20ClN3O3/c23-14-4-6-17-13(10-14)11-18(25-17)21(28)24-15-5-7-19-16(12-15)20(27)26-22(29-19)8-2-1-3-9-22/h4-7,10-12,25H,1-3,8-9H2,(H,24,28)(H,26,27). The van der Waals surface area contributed by atoms with Crippen molar-refractivity contribution in [3.05, 3.63) is 58.7 Å². The molecule has 0 atom stereocenters. The highest BCUT2D eigenvalue weighted by Crippen LogP contribution is 2.37. The number of rotatable bonds is 2. The summed E-state index contributed by atoms with van der Waals surface area (Å²) in [5.74, 6) is 0.108. The van der Waals surface area contributed by atoms with Gasteiger partial charge in [-0.2, -0.15) is 0 Å². The molecule has 1 saturated carbocycles. The van der Waals surface area contributed by atoms with Gasteiger partial charge in [-0.25, -0.2) is 0 Å². The zero-order valence-corrected chi connectivity index (χ0v) is 16.4. The van der Waals surface area contributed by atoms with Crippen molar-refractivity contribution in [3.8, 4) is 5.75 Å². The SMILES string of the molecule is O=C(Nc1ccc2c(c1)C(=O)NC1(CCCCC1)O2)c1cc2cc(Cl)ccc2[nH]1. The molecular formula is C22H20ClN3O3. The van der Waals surface area contributed by atoms with Crippen LogP contribution in [-0.2, 0) is 0 Å². The van der Waals surface area contributed by atoms with Gasteiger partial charge in [0.25, 0.3) is 11.8 Å². The third-order valence-electron chi connectivity index (χ3n) is 5.62. The van der Waals surface area contributed by atoms with Crippen LogP contribution in [0.15, 0.2) is 42.5 Å². The highest BCUT2D eigenvalue weighted by molar-refractivity contribution is 6.31. The summed E-state index contributed by atoms with van der Waals surface area (Å²) in [6.45, 7) is 0. The Labute approximate surface area is 172 Å². The zero-order valence-electron chi connectivity index (χ0n) is 15.7. The number of aromatic nitrogens is 1. The number of hydrogen-bond acceptors (Lipinski definition) is 3. The van der Waals surface area contributed by atoms with Crippen LogP contribution in [0, 0.1) is 0 Å². The van der Waals surface area contributed by atoms with E-state index in [0.717, 1.165) is 36.6 Å². The fourth-order valence-corrected chi connectivity index (χ4v) is 4.34. The van der Waals surface area contributed by atoms with E-state index in [4.69, 9.17) is 16.3 Å². The number of halogens is 1.